The predicted molar refractivity (Wildman–Crippen MR) is 109 cm³/mol. The minimum atomic E-state index is -1.63. The second kappa shape index (κ2) is 7.67. The topological polar surface area (TPSA) is 82.8 Å². The Balaban J connectivity index is 1.78. The Morgan fingerprint density at radius 3 is 2.53 bits per heavy atom. The first-order valence-electron chi connectivity index (χ1n) is 9.23. The Bertz CT molecular complexity index is 1080. The third-order valence-electron chi connectivity index (χ3n) is 5.43. The second-order valence-electron chi connectivity index (χ2n) is 7.04. The number of ether oxygens (including phenoxy) is 2. The molecular weight excluding hydrogens is 407 g/mol. The number of nitrogens with zero attached hydrogens (tertiary/aromatic N) is 2. The molecule has 0 bridgehead atoms. The van der Waals surface area contributed by atoms with Crippen LogP contribution in [0.5, 0.6) is 11.5 Å². The molecule has 1 fully saturated rings. The van der Waals surface area contributed by atoms with Gasteiger partial charge in [0, 0.05) is 17.9 Å². The van der Waals surface area contributed by atoms with Gasteiger partial charge in [0.15, 0.2) is 17.2 Å². The maximum Gasteiger partial charge on any atom is 0.231 e. The van der Waals surface area contributed by atoms with E-state index in [0.717, 1.165) is 5.56 Å². The molecular formula is C22H19FN2O4S. The van der Waals surface area contributed by atoms with E-state index in [2.05, 4.69) is 6.07 Å². The Hall–Kier alpha value is -3.02. The van der Waals surface area contributed by atoms with Gasteiger partial charge in [0.25, 0.3) is 0 Å². The summed E-state index contributed by atoms with van der Waals surface area (Å²) in [4.78, 5) is 14.4. The lowest BCUT2D eigenvalue weighted by atomic mass is 9.85. The minimum Gasteiger partial charge on any atom is -0.493 e. The smallest absolute Gasteiger partial charge is 0.231 e. The lowest BCUT2D eigenvalue weighted by Crippen LogP contribution is -2.48. The van der Waals surface area contributed by atoms with Crippen LogP contribution in [0.25, 0.3) is 0 Å². The zero-order valence-corrected chi connectivity index (χ0v) is 17.2. The number of carbonyl (C=O) groups excluding carboxylic acids is 1. The van der Waals surface area contributed by atoms with Crippen molar-refractivity contribution in [1.29, 1.82) is 5.26 Å². The van der Waals surface area contributed by atoms with E-state index in [-0.39, 0.29) is 18.1 Å². The molecule has 6 nitrogen and oxygen atoms in total. The molecule has 154 valence electrons. The second-order valence-corrected chi connectivity index (χ2v) is 8.01. The monoisotopic (exact) mass is 426 g/mol. The van der Waals surface area contributed by atoms with Crippen molar-refractivity contribution in [2.24, 2.45) is 0 Å². The van der Waals surface area contributed by atoms with Gasteiger partial charge in [-0.2, -0.15) is 5.26 Å². The first kappa shape index (κ1) is 20.3. The van der Waals surface area contributed by atoms with Gasteiger partial charge in [0.1, 0.15) is 5.82 Å². The number of rotatable bonds is 4. The highest BCUT2D eigenvalue weighted by Crippen LogP contribution is 2.52. The average molecular weight is 426 g/mol. The van der Waals surface area contributed by atoms with E-state index in [1.54, 1.807) is 18.2 Å². The van der Waals surface area contributed by atoms with E-state index in [1.807, 2.05) is 0 Å². The number of thioether (sulfide) groups is 1. The quantitative estimate of drug-likeness (QED) is 0.806. The highest BCUT2D eigenvalue weighted by Gasteiger charge is 2.51. The third-order valence-corrected chi connectivity index (χ3v) is 6.65. The van der Waals surface area contributed by atoms with Gasteiger partial charge in [-0.15, -0.1) is 11.8 Å². The molecule has 2 aliphatic heterocycles. The molecule has 8 heteroatoms. The molecule has 0 saturated carbocycles. The van der Waals surface area contributed by atoms with Gasteiger partial charge < -0.3 is 14.6 Å². The Morgan fingerprint density at radius 2 is 1.90 bits per heavy atom. The van der Waals surface area contributed by atoms with Gasteiger partial charge in [-0.3, -0.25) is 9.69 Å². The zero-order valence-electron chi connectivity index (χ0n) is 16.4. The molecule has 0 radical (unpaired) electrons. The Kier molecular flexibility index (Phi) is 5.18. The van der Waals surface area contributed by atoms with E-state index in [0.29, 0.717) is 27.7 Å². The van der Waals surface area contributed by atoms with Crippen molar-refractivity contribution in [1.82, 2.24) is 4.90 Å². The van der Waals surface area contributed by atoms with Crippen molar-refractivity contribution >= 4 is 17.7 Å². The van der Waals surface area contributed by atoms with Gasteiger partial charge in [0.05, 0.1) is 36.6 Å². The van der Waals surface area contributed by atoms with Crippen LogP contribution < -0.4 is 9.47 Å². The van der Waals surface area contributed by atoms with Crippen molar-refractivity contribution in [3.63, 3.8) is 0 Å². The van der Waals surface area contributed by atoms with E-state index in [1.165, 1.54) is 55.1 Å². The highest BCUT2D eigenvalue weighted by molar-refractivity contribution is 8.03. The van der Waals surface area contributed by atoms with Crippen LogP contribution in [-0.2, 0) is 10.5 Å². The van der Waals surface area contributed by atoms with Crippen LogP contribution in [0.2, 0.25) is 0 Å². The summed E-state index contributed by atoms with van der Waals surface area (Å²) < 4.78 is 24.0. The largest absolute Gasteiger partial charge is 0.493 e. The number of nitriles is 1. The van der Waals surface area contributed by atoms with Crippen LogP contribution in [0.4, 0.5) is 4.39 Å². The van der Waals surface area contributed by atoms with Crippen molar-refractivity contribution in [2.45, 2.75) is 18.1 Å². The summed E-state index contributed by atoms with van der Waals surface area (Å²) in [6.07, 6.45) is 0.0198. The normalized spacial score (nSPS) is 23.2. The fourth-order valence-corrected chi connectivity index (χ4v) is 5.27. The number of carbonyl (C=O) groups is 1. The third kappa shape index (κ3) is 3.11. The van der Waals surface area contributed by atoms with Crippen LogP contribution in [0.3, 0.4) is 0 Å². The summed E-state index contributed by atoms with van der Waals surface area (Å²) in [5.41, 5.74) is -0.0656. The molecule has 30 heavy (non-hydrogen) atoms. The number of hydrogen-bond donors (Lipinski definition) is 1. The van der Waals surface area contributed by atoms with Crippen LogP contribution >= 0.6 is 11.8 Å². The molecule has 0 aliphatic carbocycles. The molecule has 2 atom stereocenters. The molecule has 1 amide bonds. The lowest BCUT2D eigenvalue weighted by molar-refractivity contribution is -0.149. The fourth-order valence-electron chi connectivity index (χ4n) is 3.91. The van der Waals surface area contributed by atoms with Crippen LogP contribution in [-0.4, -0.2) is 35.9 Å². The number of halogens is 1. The molecule has 4 rings (SSSR count). The van der Waals surface area contributed by atoms with Crippen molar-refractivity contribution in [3.8, 4) is 17.6 Å². The summed E-state index contributed by atoms with van der Waals surface area (Å²) in [6.45, 7) is 0. The molecule has 2 aliphatic rings. The number of allylic oxidation sites excluding steroid dienone is 1. The van der Waals surface area contributed by atoms with E-state index in [9.17, 15) is 19.6 Å². The van der Waals surface area contributed by atoms with Gasteiger partial charge in [-0.25, -0.2) is 4.39 Å². The van der Waals surface area contributed by atoms with Crippen LogP contribution in [0.1, 0.15) is 23.5 Å². The summed E-state index contributed by atoms with van der Waals surface area (Å²) in [7, 11) is 3.06. The van der Waals surface area contributed by atoms with Crippen molar-refractivity contribution in [3.05, 3.63) is 70.0 Å². The first-order valence-corrected chi connectivity index (χ1v) is 10.2. The summed E-state index contributed by atoms with van der Waals surface area (Å²) in [6, 6.07) is 12.9. The van der Waals surface area contributed by atoms with Gasteiger partial charge in [-0.1, -0.05) is 18.2 Å². The SMILES string of the molecule is COc1ccc([C@H]2CC(=O)N3C(=C2C#N)SC[C@]3(O)c2ccc(F)cc2)cc1OC. The van der Waals surface area contributed by atoms with Gasteiger partial charge in [0.2, 0.25) is 5.91 Å². The van der Waals surface area contributed by atoms with E-state index in [4.69, 9.17) is 9.47 Å². The molecule has 1 saturated heterocycles. The van der Waals surface area contributed by atoms with Gasteiger partial charge in [-0.05, 0) is 29.8 Å². The minimum absolute atomic E-state index is 0.0198. The average Bonchev–Trinajstić information content (AvgIpc) is 3.12. The molecule has 2 aromatic carbocycles. The molecule has 0 unspecified atom stereocenters. The number of fused-ring (bicyclic) bond motifs is 1. The summed E-state index contributed by atoms with van der Waals surface area (Å²) >= 11 is 1.25. The van der Waals surface area contributed by atoms with Crippen LogP contribution in [0, 0.1) is 17.1 Å². The van der Waals surface area contributed by atoms with Crippen LogP contribution in [0.15, 0.2) is 53.1 Å². The fraction of sp³-hybridized carbons (Fsp3) is 0.273. The molecule has 0 spiro atoms. The molecule has 1 N–H and O–H groups in total. The summed E-state index contributed by atoms with van der Waals surface area (Å²) in [5.74, 6) is 0.0205. The number of benzene rings is 2. The number of hydrogen-bond acceptors (Lipinski definition) is 6. The maximum absolute atomic E-state index is 13.3. The van der Waals surface area contributed by atoms with E-state index < -0.39 is 17.5 Å². The standard InChI is InChI=1S/C22H19FN2O4S/c1-28-18-8-3-13(9-19(18)29-2)16-10-20(26)25-21(17(16)11-24)30-12-22(25,27)14-4-6-15(23)7-5-14/h3-9,16,27H,10,12H2,1-2H3/t16-,22+/m1/s1. The first-order chi connectivity index (χ1) is 14.4. The highest BCUT2D eigenvalue weighted by atomic mass is 32.2. The Labute approximate surface area is 177 Å². The lowest BCUT2D eigenvalue weighted by Gasteiger charge is -2.38. The predicted octanol–water partition coefficient (Wildman–Crippen LogP) is 3.49. The Morgan fingerprint density at radius 1 is 1.20 bits per heavy atom. The zero-order chi connectivity index (χ0) is 21.5. The maximum atomic E-state index is 13.3. The molecule has 2 aromatic rings. The number of methoxy groups -OCH3 is 2. The number of aliphatic hydroxyl groups is 1. The molecule has 2 heterocycles. The summed E-state index contributed by atoms with van der Waals surface area (Å²) in [5, 5.41) is 21.7. The number of amides is 1. The van der Waals surface area contributed by atoms with Crippen molar-refractivity contribution < 1.29 is 23.8 Å². The molecule has 0 aromatic heterocycles. The van der Waals surface area contributed by atoms with Gasteiger partial charge >= 0.3 is 0 Å². The van der Waals surface area contributed by atoms with Crippen molar-refractivity contribution in [2.75, 3.05) is 20.0 Å². The van der Waals surface area contributed by atoms with E-state index >= 15 is 0 Å².